The zero-order valence-corrected chi connectivity index (χ0v) is 15.3. The zero-order chi connectivity index (χ0) is 18.8. The number of esters is 1. The van der Waals surface area contributed by atoms with E-state index >= 15 is 0 Å². The molecule has 1 saturated carbocycles. The van der Waals surface area contributed by atoms with E-state index in [0.29, 0.717) is 6.42 Å². The molecule has 0 unspecified atom stereocenters. The summed E-state index contributed by atoms with van der Waals surface area (Å²) >= 11 is 0. The van der Waals surface area contributed by atoms with Crippen LogP contribution in [0.2, 0.25) is 0 Å². The lowest BCUT2D eigenvalue weighted by atomic mass is 9.73. The van der Waals surface area contributed by atoms with Gasteiger partial charge in [-0.15, -0.1) is 0 Å². The Labute approximate surface area is 147 Å². The maximum Gasteiger partial charge on any atom is 0.327 e. The number of hydrogen-bond donors (Lipinski definition) is 2. The number of urea groups is 1. The van der Waals surface area contributed by atoms with Gasteiger partial charge in [0.25, 0.3) is 11.8 Å². The average Bonchev–Trinajstić information content (AvgIpc) is 2.75. The number of nitrogens with zero attached hydrogens (tertiary/aromatic N) is 1. The largest absolute Gasteiger partial charge is 0.451 e. The fraction of sp³-hybridized carbons (Fsp3) is 0.765. The molecule has 8 heteroatoms. The summed E-state index contributed by atoms with van der Waals surface area (Å²) < 4.78 is 5.05. The molecule has 140 valence electrons. The molecule has 2 aliphatic rings. The van der Waals surface area contributed by atoms with Crippen molar-refractivity contribution in [2.75, 3.05) is 6.54 Å². The van der Waals surface area contributed by atoms with E-state index in [-0.39, 0.29) is 17.9 Å². The smallest absolute Gasteiger partial charge is 0.327 e. The normalized spacial score (nSPS) is 27.4. The Morgan fingerprint density at radius 1 is 1.32 bits per heavy atom. The zero-order valence-electron chi connectivity index (χ0n) is 15.3. The first-order chi connectivity index (χ1) is 11.7. The predicted molar refractivity (Wildman–Crippen MR) is 89.4 cm³/mol. The van der Waals surface area contributed by atoms with Gasteiger partial charge < -0.3 is 15.4 Å². The SMILES string of the molecule is CC(C)NC(=O)[C@H](C)OC(=O)CN1C(=O)N[C@@]2(CCCC[C@H]2C)C1=O. The van der Waals surface area contributed by atoms with E-state index in [0.717, 1.165) is 24.2 Å². The maximum atomic E-state index is 12.8. The number of imide groups is 1. The van der Waals surface area contributed by atoms with E-state index in [4.69, 9.17) is 4.74 Å². The van der Waals surface area contributed by atoms with E-state index in [9.17, 15) is 19.2 Å². The van der Waals surface area contributed by atoms with Crippen molar-refractivity contribution in [2.24, 2.45) is 5.92 Å². The highest BCUT2D eigenvalue weighted by molar-refractivity contribution is 6.09. The Hall–Kier alpha value is -2.12. The first-order valence-corrected chi connectivity index (χ1v) is 8.81. The molecule has 2 fully saturated rings. The van der Waals surface area contributed by atoms with Crippen LogP contribution in [-0.4, -0.2) is 52.9 Å². The highest BCUT2D eigenvalue weighted by atomic mass is 16.5. The van der Waals surface area contributed by atoms with Crippen LogP contribution in [0.15, 0.2) is 0 Å². The minimum Gasteiger partial charge on any atom is -0.451 e. The van der Waals surface area contributed by atoms with Crippen molar-refractivity contribution in [3.05, 3.63) is 0 Å². The summed E-state index contributed by atoms with van der Waals surface area (Å²) in [6.07, 6.45) is 2.34. The molecular formula is C17H27N3O5. The van der Waals surface area contributed by atoms with Gasteiger partial charge in [0.15, 0.2) is 6.10 Å². The summed E-state index contributed by atoms with van der Waals surface area (Å²) in [6, 6.07) is -0.651. The van der Waals surface area contributed by atoms with Crippen molar-refractivity contribution in [3.8, 4) is 0 Å². The third-order valence-corrected chi connectivity index (χ3v) is 4.90. The molecule has 25 heavy (non-hydrogen) atoms. The van der Waals surface area contributed by atoms with Crippen LogP contribution >= 0.6 is 0 Å². The quantitative estimate of drug-likeness (QED) is 0.565. The van der Waals surface area contributed by atoms with Gasteiger partial charge in [0.05, 0.1) is 0 Å². The lowest BCUT2D eigenvalue weighted by Gasteiger charge is -2.36. The lowest BCUT2D eigenvalue weighted by molar-refractivity contribution is -0.157. The van der Waals surface area contributed by atoms with Crippen LogP contribution in [0, 0.1) is 5.92 Å². The van der Waals surface area contributed by atoms with Crippen molar-refractivity contribution in [3.63, 3.8) is 0 Å². The summed E-state index contributed by atoms with van der Waals surface area (Å²) in [5.41, 5.74) is -0.907. The van der Waals surface area contributed by atoms with Crippen molar-refractivity contribution < 1.29 is 23.9 Å². The predicted octanol–water partition coefficient (Wildman–Crippen LogP) is 0.943. The van der Waals surface area contributed by atoms with Crippen molar-refractivity contribution in [1.29, 1.82) is 0 Å². The van der Waals surface area contributed by atoms with Crippen LogP contribution in [0.1, 0.15) is 53.4 Å². The van der Waals surface area contributed by atoms with Gasteiger partial charge in [0.1, 0.15) is 12.1 Å². The summed E-state index contributed by atoms with van der Waals surface area (Å²) in [4.78, 5) is 49.7. The standard InChI is InChI=1S/C17H27N3O5/c1-10(2)18-14(22)12(4)25-13(21)9-20-15(23)17(19-16(20)24)8-6-5-7-11(17)3/h10-12H,5-9H2,1-4H3,(H,18,22)(H,19,24)/t11-,12+,17-/m1/s1. The molecule has 8 nitrogen and oxygen atoms in total. The Kier molecular flexibility index (Phi) is 5.69. The number of hydrogen-bond acceptors (Lipinski definition) is 5. The second kappa shape index (κ2) is 7.41. The molecule has 3 atom stereocenters. The topological polar surface area (TPSA) is 105 Å². The molecule has 4 amide bonds. The van der Waals surface area contributed by atoms with Gasteiger partial charge in [-0.25, -0.2) is 4.79 Å². The minimum atomic E-state index is -0.988. The Morgan fingerprint density at radius 2 is 2.00 bits per heavy atom. The Balaban J connectivity index is 1.98. The summed E-state index contributed by atoms with van der Waals surface area (Å²) in [6.45, 7) is 6.50. The molecule has 0 aromatic rings. The second-order valence-electron chi connectivity index (χ2n) is 7.24. The molecule has 1 saturated heterocycles. The molecule has 0 radical (unpaired) electrons. The van der Waals surface area contributed by atoms with Gasteiger partial charge in [-0.3, -0.25) is 19.3 Å². The van der Waals surface area contributed by atoms with Gasteiger partial charge in [-0.05, 0) is 39.5 Å². The van der Waals surface area contributed by atoms with Gasteiger partial charge in [0.2, 0.25) is 0 Å². The average molecular weight is 353 g/mol. The van der Waals surface area contributed by atoms with Crippen LogP contribution < -0.4 is 10.6 Å². The molecule has 1 aliphatic heterocycles. The summed E-state index contributed by atoms with van der Waals surface area (Å²) in [5.74, 6) is -1.55. The molecule has 0 aromatic heterocycles. The van der Waals surface area contributed by atoms with Crippen LogP contribution in [-0.2, 0) is 19.1 Å². The molecule has 1 heterocycles. The number of ether oxygens (including phenoxy) is 1. The third-order valence-electron chi connectivity index (χ3n) is 4.90. The third kappa shape index (κ3) is 3.93. The van der Waals surface area contributed by atoms with Crippen LogP contribution in [0.4, 0.5) is 4.79 Å². The monoisotopic (exact) mass is 353 g/mol. The van der Waals surface area contributed by atoms with E-state index in [1.165, 1.54) is 6.92 Å². The highest BCUT2D eigenvalue weighted by Crippen LogP contribution is 2.38. The van der Waals surface area contributed by atoms with Gasteiger partial charge in [-0.2, -0.15) is 0 Å². The van der Waals surface area contributed by atoms with Crippen LogP contribution in [0.3, 0.4) is 0 Å². The molecule has 1 spiro atoms. The van der Waals surface area contributed by atoms with E-state index in [1.54, 1.807) is 13.8 Å². The molecule has 2 rings (SSSR count). The highest BCUT2D eigenvalue weighted by Gasteiger charge is 2.55. The minimum absolute atomic E-state index is 0.0227. The number of nitrogens with one attached hydrogen (secondary N) is 2. The number of rotatable bonds is 5. The van der Waals surface area contributed by atoms with E-state index < -0.39 is 36.1 Å². The first kappa shape index (κ1) is 19.2. The summed E-state index contributed by atoms with van der Waals surface area (Å²) in [5, 5.41) is 5.41. The maximum absolute atomic E-state index is 12.8. The Morgan fingerprint density at radius 3 is 2.60 bits per heavy atom. The Bertz CT molecular complexity index is 577. The van der Waals surface area contributed by atoms with Crippen LogP contribution in [0.5, 0.6) is 0 Å². The first-order valence-electron chi connectivity index (χ1n) is 8.81. The fourth-order valence-corrected chi connectivity index (χ4v) is 3.46. The van der Waals surface area contributed by atoms with Crippen molar-refractivity contribution in [2.45, 2.75) is 71.1 Å². The molecule has 2 N–H and O–H groups in total. The second-order valence-corrected chi connectivity index (χ2v) is 7.24. The number of carbonyl (C=O) groups excluding carboxylic acids is 4. The van der Waals surface area contributed by atoms with Crippen LogP contribution in [0.25, 0.3) is 0 Å². The number of amides is 4. The summed E-state index contributed by atoms with van der Waals surface area (Å²) in [7, 11) is 0. The fourth-order valence-electron chi connectivity index (χ4n) is 3.46. The van der Waals surface area contributed by atoms with Crippen molar-refractivity contribution >= 4 is 23.8 Å². The van der Waals surface area contributed by atoms with Gasteiger partial charge in [0, 0.05) is 6.04 Å². The molecule has 0 bridgehead atoms. The molecule has 0 aromatic carbocycles. The van der Waals surface area contributed by atoms with E-state index in [1.807, 2.05) is 6.92 Å². The number of carbonyl (C=O) groups is 4. The molecule has 1 aliphatic carbocycles. The van der Waals surface area contributed by atoms with Gasteiger partial charge in [-0.1, -0.05) is 19.8 Å². The lowest BCUT2D eigenvalue weighted by Crippen LogP contribution is -2.54. The van der Waals surface area contributed by atoms with E-state index in [2.05, 4.69) is 10.6 Å². The van der Waals surface area contributed by atoms with Crippen molar-refractivity contribution in [1.82, 2.24) is 15.5 Å². The van der Waals surface area contributed by atoms with Gasteiger partial charge >= 0.3 is 12.0 Å². The molecular weight excluding hydrogens is 326 g/mol.